The maximum Gasteiger partial charge on any atom is 0.259 e. The van der Waals surface area contributed by atoms with Crippen LogP contribution in [0.2, 0.25) is 0 Å². The van der Waals surface area contributed by atoms with Gasteiger partial charge in [-0.2, -0.15) is 5.10 Å². The van der Waals surface area contributed by atoms with Gasteiger partial charge in [-0.25, -0.2) is 18.1 Å². The van der Waals surface area contributed by atoms with Gasteiger partial charge in [-0.05, 0) is 43.3 Å². The second-order valence-corrected chi connectivity index (χ2v) is 8.64. The van der Waals surface area contributed by atoms with E-state index in [1.54, 1.807) is 48.4 Å². The van der Waals surface area contributed by atoms with Crippen molar-refractivity contribution >= 4 is 39.0 Å². The number of nitrogens with one attached hydrogen (secondary N) is 2. The van der Waals surface area contributed by atoms with Gasteiger partial charge in [0.2, 0.25) is 5.91 Å². The van der Waals surface area contributed by atoms with Gasteiger partial charge >= 0.3 is 0 Å². The van der Waals surface area contributed by atoms with Gasteiger partial charge in [-0.1, -0.05) is 0 Å². The van der Waals surface area contributed by atoms with Crippen molar-refractivity contribution in [3.8, 4) is 0 Å². The lowest BCUT2D eigenvalue weighted by molar-refractivity contribution is -0.119. The molecule has 1 atom stereocenters. The maximum atomic E-state index is 12.7. The van der Waals surface area contributed by atoms with Crippen molar-refractivity contribution in [2.45, 2.75) is 13.0 Å². The van der Waals surface area contributed by atoms with E-state index in [0.29, 0.717) is 11.4 Å². The third kappa shape index (κ3) is 4.53. The molecule has 0 aliphatic carbocycles. The van der Waals surface area contributed by atoms with Crippen LogP contribution in [0, 0.1) is 0 Å². The van der Waals surface area contributed by atoms with E-state index >= 15 is 0 Å². The quantitative estimate of drug-likeness (QED) is 0.703. The largest absolute Gasteiger partial charge is 0.331 e. The lowest BCUT2D eigenvalue weighted by Crippen LogP contribution is -2.40. The number of amidine groups is 1. The van der Waals surface area contributed by atoms with E-state index in [0.717, 1.165) is 0 Å². The molecule has 0 saturated heterocycles. The third-order valence-electron chi connectivity index (χ3n) is 4.73. The Hall–Kier alpha value is -3.80. The van der Waals surface area contributed by atoms with Gasteiger partial charge in [0.25, 0.3) is 15.9 Å². The van der Waals surface area contributed by atoms with Crippen LogP contribution in [0.5, 0.6) is 0 Å². The summed E-state index contributed by atoms with van der Waals surface area (Å²) in [5, 5.41) is 9.43. The molecule has 2 amide bonds. The normalized spacial score (nSPS) is 17.8. The lowest BCUT2D eigenvalue weighted by atomic mass is 10.1. The first-order valence-corrected chi connectivity index (χ1v) is 11.0. The molecule has 2 N–H and O–H groups in total. The highest BCUT2D eigenvalue weighted by Gasteiger charge is 2.30. The van der Waals surface area contributed by atoms with Crippen LogP contribution >= 0.6 is 0 Å². The first-order chi connectivity index (χ1) is 14.8. The number of aromatic nitrogens is 3. The zero-order valence-corrected chi connectivity index (χ0v) is 17.3. The Bertz CT molecular complexity index is 1200. The minimum atomic E-state index is -3.59. The van der Waals surface area contributed by atoms with Crippen LogP contribution in [0.25, 0.3) is 0 Å². The number of carbonyl (C=O) groups is 2. The molecule has 0 radical (unpaired) electrons. The molecule has 0 saturated carbocycles. The molecule has 160 valence electrons. The summed E-state index contributed by atoms with van der Waals surface area (Å²) in [7, 11) is -3.59. The number of anilines is 2. The number of hydrogen-bond acceptors (Lipinski definition) is 7. The first-order valence-electron chi connectivity index (χ1n) is 9.37. The minimum Gasteiger partial charge on any atom is -0.331 e. The maximum absolute atomic E-state index is 12.7. The van der Waals surface area contributed by atoms with Crippen LogP contribution in [0.4, 0.5) is 11.4 Å². The second kappa shape index (κ2) is 8.14. The molecule has 11 nitrogen and oxygen atoms in total. The number of amides is 2. The summed E-state index contributed by atoms with van der Waals surface area (Å²) < 4.78 is 28.9. The van der Waals surface area contributed by atoms with Crippen LogP contribution in [0.1, 0.15) is 13.0 Å². The molecule has 0 fully saturated rings. The predicted molar refractivity (Wildman–Crippen MR) is 114 cm³/mol. The average Bonchev–Trinajstić information content (AvgIpc) is 3.28. The molecule has 2 aromatic rings. The monoisotopic (exact) mass is 441 g/mol. The fourth-order valence-corrected chi connectivity index (χ4v) is 4.00. The molecular weight excluding hydrogens is 422 g/mol. The topological polar surface area (TPSA) is 139 Å². The summed E-state index contributed by atoms with van der Waals surface area (Å²) in [6.45, 7) is 1.94. The number of hydrogen-bond donors (Lipinski definition) is 2. The summed E-state index contributed by atoms with van der Waals surface area (Å²) in [4.78, 5) is 30.5. The summed E-state index contributed by atoms with van der Waals surface area (Å²) in [5.41, 5.74) is 1.18. The number of allylic oxidation sites excluding steroid dienone is 2. The predicted octanol–water partition coefficient (Wildman–Crippen LogP) is 0.914. The van der Waals surface area contributed by atoms with Crippen LogP contribution in [0.15, 0.2) is 65.2 Å². The van der Waals surface area contributed by atoms with Crippen molar-refractivity contribution in [3.63, 3.8) is 0 Å². The van der Waals surface area contributed by atoms with E-state index in [9.17, 15) is 18.0 Å². The van der Waals surface area contributed by atoms with Crippen molar-refractivity contribution in [1.29, 1.82) is 0 Å². The Morgan fingerprint density at radius 3 is 2.52 bits per heavy atom. The summed E-state index contributed by atoms with van der Waals surface area (Å²) in [6, 6.07) is 6.01. The average molecular weight is 441 g/mol. The molecule has 1 aromatic heterocycles. The molecule has 12 heteroatoms. The smallest absolute Gasteiger partial charge is 0.259 e. The number of fused-ring (bicyclic) bond motifs is 1. The molecule has 4 rings (SSSR count). The van der Waals surface area contributed by atoms with E-state index in [1.807, 2.05) is 0 Å². The van der Waals surface area contributed by atoms with Crippen molar-refractivity contribution in [2.24, 2.45) is 4.40 Å². The Labute approximate surface area is 178 Å². The molecule has 0 spiro atoms. The highest BCUT2D eigenvalue weighted by Crippen LogP contribution is 2.20. The van der Waals surface area contributed by atoms with Crippen LogP contribution in [-0.2, 0) is 19.6 Å². The summed E-state index contributed by atoms with van der Waals surface area (Å²) >= 11 is 0. The van der Waals surface area contributed by atoms with Crippen molar-refractivity contribution in [3.05, 3.63) is 60.8 Å². The highest BCUT2D eigenvalue weighted by molar-refractivity contribution is 7.90. The Morgan fingerprint density at radius 1 is 1.13 bits per heavy atom. The number of sulfonamides is 1. The Balaban J connectivity index is 1.42. The van der Waals surface area contributed by atoms with E-state index in [1.165, 1.54) is 23.4 Å². The van der Waals surface area contributed by atoms with Crippen LogP contribution < -0.4 is 10.6 Å². The van der Waals surface area contributed by atoms with Gasteiger partial charge < -0.3 is 15.5 Å². The number of carbonyl (C=O) groups excluding carboxylic acids is 2. The summed E-state index contributed by atoms with van der Waals surface area (Å²) in [6.07, 6.45) is 7.68. The molecule has 1 unspecified atom stereocenters. The molecule has 3 heterocycles. The fourth-order valence-electron chi connectivity index (χ4n) is 3.01. The van der Waals surface area contributed by atoms with E-state index in [-0.39, 0.29) is 29.6 Å². The van der Waals surface area contributed by atoms with E-state index < -0.39 is 22.0 Å². The Morgan fingerprint density at radius 2 is 1.84 bits per heavy atom. The first kappa shape index (κ1) is 20.5. The standard InChI is InChI=1S/C19H19N7O4S/c1-13(26-12-20-11-21-26)18(27)22-14-4-6-15(7-5-14)23-19(28)16-3-2-8-25-9-10-31(29,30)24-17(16)25/h2-8,11-13H,9-10H2,1H3,(H,22,27)(H,23,28). The van der Waals surface area contributed by atoms with Crippen LogP contribution in [0.3, 0.4) is 0 Å². The number of nitrogens with zero attached hydrogens (tertiary/aromatic N) is 5. The van der Waals surface area contributed by atoms with Gasteiger partial charge in [0.05, 0.1) is 11.3 Å². The Kier molecular flexibility index (Phi) is 5.38. The molecule has 2 aliphatic heterocycles. The van der Waals surface area contributed by atoms with Gasteiger partial charge in [-0.15, -0.1) is 4.40 Å². The van der Waals surface area contributed by atoms with E-state index in [4.69, 9.17) is 0 Å². The SMILES string of the molecule is CC(C(=O)Nc1ccc(NC(=O)C2=CC=CN3CCS(=O)(=O)N=C23)cc1)n1cncn1. The molecule has 31 heavy (non-hydrogen) atoms. The number of benzene rings is 1. The van der Waals surface area contributed by atoms with Gasteiger partial charge in [0.1, 0.15) is 18.7 Å². The molecule has 0 bridgehead atoms. The van der Waals surface area contributed by atoms with Crippen molar-refractivity contribution < 1.29 is 18.0 Å². The zero-order valence-electron chi connectivity index (χ0n) is 16.5. The van der Waals surface area contributed by atoms with E-state index in [2.05, 4.69) is 25.1 Å². The summed E-state index contributed by atoms with van der Waals surface area (Å²) in [5.74, 6) is -0.740. The fraction of sp³-hybridized carbons (Fsp3) is 0.211. The highest BCUT2D eigenvalue weighted by atomic mass is 32.2. The number of rotatable bonds is 5. The van der Waals surface area contributed by atoms with Gasteiger partial charge in [0, 0.05) is 24.1 Å². The van der Waals surface area contributed by atoms with Crippen molar-refractivity contribution in [1.82, 2.24) is 19.7 Å². The molecule has 2 aliphatic rings. The third-order valence-corrected chi connectivity index (χ3v) is 5.87. The lowest BCUT2D eigenvalue weighted by Gasteiger charge is -2.28. The molecular formula is C19H19N7O4S. The minimum absolute atomic E-state index is 0.0988. The van der Waals surface area contributed by atoms with Crippen molar-refractivity contribution in [2.75, 3.05) is 22.9 Å². The van der Waals surface area contributed by atoms with Gasteiger partial charge in [-0.3, -0.25) is 9.59 Å². The molecule has 1 aromatic carbocycles. The van der Waals surface area contributed by atoms with Crippen LogP contribution in [-0.4, -0.2) is 58.0 Å². The second-order valence-electron chi connectivity index (χ2n) is 6.89. The van der Waals surface area contributed by atoms with Gasteiger partial charge in [0.15, 0.2) is 5.84 Å². The zero-order chi connectivity index (χ0) is 22.0.